The summed E-state index contributed by atoms with van der Waals surface area (Å²) < 4.78 is 77.4. The van der Waals surface area contributed by atoms with Gasteiger partial charge in [-0.1, -0.05) is 12.1 Å². The molecule has 2 N–H and O–H groups in total. The number of hydrogen-bond donors (Lipinski definition) is 2. The zero-order valence-electron chi connectivity index (χ0n) is 13.4. The van der Waals surface area contributed by atoms with E-state index >= 15 is 0 Å². The summed E-state index contributed by atoms with van der Waals surface area (Å²) in [7, 11) is 0. The molecule has 0 saturated carbocycles. The van der Waals surface area contributed by atoms with E-state index in [4.69, 9.17) is 0 Å². The normalized spacial score (nSPS) is 13.1. The van der Waals surface area contributed by atoms with Crippen LogP contribution in [0.15, 0.2) is 48.5 Å². The summed E-state index contributed by atoms with van der Waals surface area (Å²) in [6, 6.07) is 7.89. The zero-order chi connectivity index (χ0) is 20.2. The van der Waals surface area contributed by atoms with E-state index < -0.39 is 35.9 Å². The Morgan fingerprint density at radius 1 is 0.963 bits per heavy atom. The molecule has 0 saturated heterocycles. The molecule has 1 atom stereocenters. The van der Waals surface area contributed by atoms with Crippen LogP contribution >= 0.6 is 0 Å². The summed E-state index contributed by atoms with van der Waals surface area (Å²) in [5.74, 6) is -1.18. The predicted molar refractivity (Wildman–Crippen MR) is 81.9 cm³/mol. The minimum atomic E-state index is -4.85. The van der Waals surface area contributed by atoms with E-state index in [2.05, 4.69) is 10.1 Å². The molecule has 1 unspecified atom stereocenters. The number of carbonyl (C=O) groups excluding carboxylic acids is 1. The van der Waals surface area contributed by atoms with E-state index in [9.17, 15) is 36.2 Å². The Morgan fingerprint density at radius 2 is 1.52 bits per heavy atom. The number of halogens is 6. The molecule has 0 aliphatic rings. The molecule has 0 bridgehead atoms. The fourth-order valence-electron chi connectivity index (χ4n) is 2.11. The van der Waals surface area contributed by atoms with Crippen LogP contribution in [0.1, 0.15) is 27.6 Å². The second-order valence-electron chi connectivity index (χ2n) is 5.42. The van der Waals surface area contributed by atoms with E-state index in [0.717, 1.165) is 48.5 Å². The highest BCUT2D eigenvalue weighted by Gasteiger charge is 2.31. The third kappa shape index (κ3) is 6.17. The smallest absolute Gasteiger partial charge is 0.406 e. The third-order valence-electron chi connectivity index (χ3n) is 3.43. The van der Waals surface area contributed by atoms with Gasteiger partial charge >= 0.3 is 12.5 Å². The van der Waals surface area contributed by atoms with Gasteiger partial charge in [-0.05, 0) is 42.0 Å². The van der Waals surface area contributed by atoms with Gasteiger partial charge in [-0.2, -0.15) is 13.2 Å². The lowest BCUT2D eigenvalue weighted by atomic mass is 10.1. The number of ether oxygens (including phenoxy) is 1. The summed E-state index contributed by atoms with van der Waals surface area (Å²) >= 11 is 0. The van der Waals surface area contributed by atoms with Gasteiger partial charge in [0.1, 0.15) is 5.75 Å². The molecule has 4 nitrogen and oxygen atoms in total. The third-order valence-corrected chi connectivity index (χ3v) is 3.43. The molecule has 2 rings (SSSR count). The molecule has 2 aromatic carbocycles. The first kappa shape index (κ1) is 20.6. The topological polar surface area (TPSA) is 58.6 Å². The number of aliphatic hydroxyl groups excluding tert-OH is 1. The minimum Gasteiger partial charge on any atom is -0.406 e. The van der Waals surface area contributed by atoms with Crippen molar-refractivity contribution in [2.24, 2.45) is 0 Å². The van der Waals surface area contributed by atoms with Crippen molar-refractivity contribution in [3.63, 3.8) is 0 Å². The van der Waals surface area contributed by atoms with Crippen molar-refractivity contribution in [2.45, 2.75) is 18.6 Å². The lowest BCUT2D eigenvalue weighted by Gasteiger charge is -2.14. The lowest BCUT2D eigenvalue weighted by molar-refractivity contribution is -0.274. The maximum Gasteiger partial charge on any atom is 0.573 e. The molecule has 2 aromatic rings. The van der Waals surface area contributed by atoms with Crippen LogP contribution in [0.4, 0.5) is 26.3 Å². The van der Waals surface area contributed by atoms with Crippen LogP contribution in [0.3, 0.4) is 0 Å². The second kappa shape index (κ2) is 7.87. The summed E-state index contributed by atoms with van der Waals surface area (Å²) in [6.45, 7) is -0.301. The molecule has 0 fully saturated rings. The van der Waals surface area contributed by atoms with Gasteiger partial charge in [0.05, 0.1) is 11.7 Å². The Balaban J connectivity index is 1.92. The van der Waals surface area contributed by atoms with Crippen LogP contribution in [0.5, 0.6) is 5.75 Å². The molecule has 1 amide bonds. The van der Waals surface area contributed by atoms with E-state index in [-0.39, 0.29) is 17.7 Å². The SMILES string of the molecule is O=C(NCC(O)c1ccc(C(F)(F)F)cc1)c1ccc(OC(F)(F)F)cc1. The zero-order valence-corrected chi connectivity index (χ0v) is 13.4. The molecule has 0 aromatic heterocycles. The first-order chi connectivity index (χ1) is 12.5. The number of nitrogens with one attached hydrogen (secondary N) is 1. The van der Waals surface area contributed by atoms with E-state index in [1.165, 1.54) is 0 Å². The Hall–Kier alpha value is -2.75. The Labute approximate surface area is 149 Å². The molecule has 0 radical (unpaired) electrons. The Morgan fingerprint density at radius 3 is 2.00 bits per heavy atom. The van der Waals surface area contributed by atoms with Gasteiger partial charge in [-0.3, -0.25) is 4.79 Å². The molecule has 0 spiro atoms. The molecule has 27 heavy (non-hydrogen) atoms. The summed E-state index contributed by atoms with van der Waals surface area (Å²) in [5, 5.41) is 12.3. The highest BCUT2D eigenvalue weighted by molar-refractivity contribution is 5.94. The monoisotopic (exact) mass is 393 g/mol. The lowest BCUT2D eigenvalue weighted by Crippen LogP contribution is -2.28. The summed E-state index contributed by atoms with van der Waals surface area (Å²) in [6.07, 6.45) is -10.6. The van der Waals surface area contributed by atoms with Crippen LogP contribution < -0.4 is 10.1 Å². The molecule has 0 aliphatic carbocycles. The average molecular weight is 393 g/mol. The minimum absolute atomic E-state index is 0.0177. The van der Waals surface area contributed by atoms with Gasteiger partial charge in [0, 0.05) is 12.1 Å². The summed E-state index contributed by atoms with van der Waals surface area (Å²) in [5.41, 5.74) is -0.690. The maximum absolute atomic E-state index is 12.5. The van der Waals surface area contributed by atoms with Crippen molar-refractivity contribution >= 4 is 5.91 Å². The second-order valence-corrected chi connectivity index (χ2v) is 5.42. The first-order valence-corrected chi connectivity index (χ1v) is 7.45. The number of alkyl halides is 6. The largest absolute Gasteiger partial charge is 0.573 e. The number of hydrogen-bond acceptors (Lipinski definition) is 3. The molecule has 0 aliphatic heterocycles. The van der Waals surface area contributed by atoms with Crippen molar-refractivity contribution in [1.82, 2.24) is 5.32 Å². The number of amides is 1. The van der Waals surface area contributed by atoms with Crippen molar-refractivity contribution in [3.8, 4) is 5.75 Å². The van der Waals surface area contributed by atoms with Crippen LogP contribution in [0.25, 0.3) is 0 Å². The van der Waals surface area contributed by atoms with Crippen LogP contribution in [-0.2, 0) is 6.18 Å². The summed E-state index contributed by atoms with van der Waals surface area (Å²) in [4.78, 5) is 11.9. The van der Waals surface area contributed by atoms with Crippen LogP contribution in [0, 0.1) is 0 Å². The van der Waals surface area contributed by atoms with Crippen molar-refractivity contribution in [2.75, 3.05) is 6.54 Å². The van der Waals surface area contributed by atoms with Gasteiger partial charge in [0.15, 0.2) is 0 Å². The Kier molecular flexibility index (Phi) is 5.99. The van der Waals surface area contributed by atoms with E-state index in [1.807, 2.05) is 0 Å². The van der Waals surface area contributed by atoms with Gasteiger partial charge < -0.3 is 15.2 Å². The van der Waals surface area contributed by atoms with Gasteiger partial charge in [-0.15, -0.1) is 13.2 Å². The van der Waals surface area contributed by atoms with Crippen molar-refractivity contribution in [1.29, 1.82) is 0 Å². The molecule has 10 heteroatoms. The number of aliphatic hydroxyl groups is 1. The standard InChI is InChI=1S/C17H13F6NO3/c18-16(19,20)12-5-1-10(2-6-12)14(25)9-24-15(26)11-3-7-13(8-4-11)27-17(21,22)23/h1-8,14,25H,9H2,(H,24,26). The van der Waals surface area contributed by atoms with Crippen LogP contribution in [0.2, 0.25) is 0 Å². The van der Waals surface area contributed by atoms with Crippen LogP contribution in [-0.4, -0.2) is 23.9 Å². The highest BCUT2D eigenvalue weighted by atomic mass is 19.4. The molecular formula is C17H13F6NO3. The maximum atomic E-state index is 12.5. The predicted octanol–water partition coefficient (Wildman–Crippen LogP) is 4.07. The fourth-order valence-corrected chi connectivity index (χ4v) is 2.11. The number of carbonyl (C=O) groups is 1. The first-order valence-electron chi connectivity index (χ1n) is 7.45. The molecule has 146 valence electrons. The average Bonchev–Trinajstić information content (AvgIpc) is 2.58. The van der Waals surface area contributed by atoms with Gasteiger partial charge in [-0.25, -0.2) is 0 Å². The van der Waals surface area contributed by atoms with Gasteiger partial charge in [0.25, 0.3) is 5.91 Å². The van der Waals surface area contributed by atoms with E-state index in [0.29, 0.717) is 0 Å². The van der Waals surface area contributed by atoms with Crippen molar-refractivity contribution < 1.29 is 41.0 Å². The quantitative estimate of drug-likeness (QED) is 0.753. The van der Waals surface area contributed by atoms with Crippen molar-refractivity contribution in [3.05, 3.63) is 65.2 Å². The fraction of sp³-hybridized carbons (Fsp3) is 0.235. The van der Waals surface area contributed by atoms with Gasteiger partial charge in [0.2, 0.25) is 0 Å². The number of benzene rings is 2. The Bertz CT molecular complexity index is 769. The highest BCUT2D eigenvalue weighted by Crippen LogP contribution is 2.30. The molecular weight excluding hydrogens is 380 g/mol. The number of rotatable bonds is 5. The van der Waals surface area contributed by atoms with E-state index in [1.54, 1.807) is 0 Å². The molecule has 0 heterocycles.